The zero-order valence-electron chi connectivity index (χ0n) is 17.7. The number of sulfonamides is 1. The molecule has 0 atom stereocenters. The molecule has 7 heteroatoms. The first-order chi connectivity index (χ1) is 14.8. The molecular weight excluding hydrogens is 410 g/mol. The van der Waals surface area contributed by atoms with Crippen LogP contribution in [0.2, 0.25) is 0 Å². The number of nitrogens with one attached hydrogen (secondary N) is 1. The van der Waals surface area contributed by atoms with Crippen molar-refractivity contribution in [2.45, 2.75) is 25.7 Å². The molecular formula is C24H25N3O3S. The van der Waals surface area contributed by atoms with E-state index in [1.54, 1.807) is 30.3 Å². The van der Waals surface area contributed by atoms with Crippen molar-refractivity contribution < 1.29 is 13.2 Å². The van der Waals surface area contributed by atoms with Crippen LogP contribution >= 0.6 is 0 Å². The number of carbonyl (C=O) groups excluding carboxylic acids is 1. The van der Waals surface area contributed by atoms with Crippen molar-refractivity contribution in [1.29, 1.82) is 0 Å². The van der Waals surface area contributed by atoms with Crippen LogP contribution in [0.25, 0.3) is 0 Å². The normalized spacial score (nSPS) is 11.5. The van der Waals surface area contributed by atoms with Crippen LogP contribution in [-0.2, 0) is 14.8 Å². The predicted octanol–water partition coefficient (Wildman–Crippen LogP) is 3.96. The molecule has 0 aromatic heterocycles. The molecule has 0 fully saturated rings. The van der Waals surface area contributed by atoms with Crippen molar-refractivity contribution >= 4 is 27.8 Å². The third-order valence-electron chi connectivity index (χ3n) is 4.88. The summed E-state index contributed by atoms with van der Waals surface area (Å²) in [5.74, 6) is -0.541. The van der Waals surface area contributed by atoms with Gasteiger partial charge in [-0.2, -0.15) is 5.10 Å². The highest BCUT2D eigenvalue weighted by Crippen LogP contribution is 2.25. The maximum Gasteiger partial charge on any atom is 0.264 e. The van der Waals surface area contributed by atoms with E-state index in [2.05, 4.69) is 10.5 Å². The van der Waals surface area contributed by atoms with Gasteiger partial charge >= 0.3 is 0 Å². The van der Waals surface area contributed by atoms with Gasteiger partial charge in [0.05, 0.1) is 16.8 Å². The molecule has 0 spiro atoms. The van der Waals surface area contributed by atoms with Crippen molar-refractivity contribution in [2.75, 3.05) is 10.8 Å². The Balaban J connectivity index is 1.85. The van der Waals surface area contributed by atoms with E-state index in [-0.39, 0.29) is 4.90 Å². The summed E-state index contributed by atoms with van der Waals surface area (Å²) >= 11 is 0. The van der Waals surface area contributed by atoms with Gasteiger partial charge in [-0.3, -0.25) is 9.10 Å². The molecule has 0 aliphatic heterocycles. The van der Waals surface area contributed by atoms with Crippen molar-refractivity contribution in [3.05, 3.63) is 95.1 Å². The highest BCUT2D eigenvalue weighted by molar-refractivity contribution is 7.92. The van der Waals surface area contributed by atoms with Crippen LogP contribution in [0.1, 0.15) is 22.3 Å². The molecule has 160 valence electrons. The van der Waals surface area contributed by atoms with Crippen molar-refractivity contribution in [1.82, 2.24) is 5.43 Å². The molecule has 3 aromatic carbocycles. The number of nitrogens with zero attached hydrogens (tertiary/aromatic N) is 2. The number of aryl methyl sites for hydroxylation is 3. The number of hydrogen-bond acceptors (Lipinski definition) is 4. The number of anilines is 1. The number of hydrazone groups is 1. The van der Waals surface area contributed by atoms with Gasteiger partial charge in [0.25, 0.3) is 15.9 Å². The summed E-state index contributed by atoms with van der Waals surface area (Å²) in [5.41, 5.74) is 6.76. The Kier molecular flexibility index (Phi) is 6.87. The number of carbonyl (C=O) groups is 1. The van der Waals surface area contributed by atoms with Crippen LogP contribution in [0, 0.1) is 20.8 Å². The van der Waals surface area contributed by atoms with Crippen molar-refractivity contribution in [2.24, 2.45) is 5.10 Å². The number of hydrogen-bond donors (Lipinski definition) is 1. The van der Waals surface area contributed by atoms with Gasteiger partial charge in [0.15, 0.2) is 0 Å². The van der Waals surface area contributed by atoms with Gasteiger partial charge in [-0.15, -0.1) is 0 Å². The van der Waals surface area contributed by atoms with Crippen molar-refractivity contribution in [3.8, 4) is 0 Å². The summed E-state index contributed by atoms with van der Waals surface area (Å²) in [6.45, 7) is 5.43. The summed E-state index contributed by atoms with van der Waals surface area (Å²) in [7, 11) is -3.94. The Morgan fingerprint density at radius 3 is 2.26 bits per heavy atom. The zero-order chi connectivity index (χ0) is 22.4. The third kappa shape index (κ3) is 5.58. The molecule has 0 radical (unpaired) electrons. The van der Waals surface area contributed by atoms with Gasteiger partial charge < -0.3 is 0 Å². The Morgan fingerprint density at radius 1 is 0.935 bits per heavy atom. The Morgan fingerprint density at radius 2 is 1.61 bits per heavy atom. The smallest absolute Gasteiger partial charge is 0.264 e. The molecule has 0 saturated heterocycles. The Hall–Kier alpha value is -3.45. The summed E-state index contributed by atoms with van der Waals surface area (Å²) < 4.78 is 27.7. The van der Waals surface area contributed by atoms with E-state index in [1.165, 1.54) is 18.3 Å². The molecule has 0 saturated carbocycles. The molecule has 6 nitrogen and oxygen atoms in total. The fraction of sp³-hybridized carbons (Fsp3) is 0.167. The molecule has 3 rings (SSSR count). The summed E-state index contributed by atoms with van der Waals surface area (Å²) in [6.07, 6.45) is 1.52. The first-order valence-corrected chi connectivity index (χ1v) is 11.2. The van der Waals surface area contributed by atoms with Gasteiger partial charge in [0, 0.05) is 0 Å². The van der Waals surface area contributed by atoms with Crippen LogP contribution in [0.15, 0.2) is 82.8 Å². The third-order valence-corrected chi connectivity index (χ3v) is 6.67. The average Bonchev–Trinajstić information content (AvgIpc) is 2.76. The lowest BCUT2D eigenvalue weighted by Gasteiger charge is -2.24. The van der Waals surface area contributed by atoms with E-state index in [0.29, 0.717) is 5.69 Å². The fourth-order valence-electron chi connectivity index (χ4n) is 2.91. The fourth-order valence-corrected chi connectivity index (χ4v) is 4.35. The topological polar surface area (TPSA) is 78.8 Å². The predicted molar refractivity (Wildman–Crippen MR) is 124 cm³/mol. The van der Waals surface area contributed by atoms with E-state index in [4.69, 9.17) is 0 Å². The number of benzene rings is 3. The minimum atomic E-state index is -3.94. The molecule has 1 amide bonds. The second-order valence-electron chi connectivity index (χ2n) is 7.30. The van der Waals surface area contributed by atoms with Crippen LogP contribution in [-0.4, -0.2) is 27.1 Å². The minimum Gasteiger partial charge on any atom is -0.271 e. The van der Waals surface area contributed by atoms with E-state index >= 15 is 0 Å². The molecule has 0 aliphatic rings. The standard InChI is InChI=1S/C24H25N3O3S/c1-18-9-12-21(13-10-18)16-25-26-24(28)17-27(22-14-11-19(2)20(3)15-22)31(29,30)23-7-5-4-6-8-23/h4-16H,17H2,1-3H3,(H,26,28)/b25-16-. The van der Waals surface area contributed by atoms with E-state index in [0.717, 1.165) is 26.6 Å². The van der Waals surface area contributed by atoms with E-state index in [9.17, 15) is 13.2 Å². The van der Waals surface area contributed by atoms with Gasteiger partial charge in [-0.25, -0.2) is 13.8 Å². The van der Waals surface area contributed by atoms with Gasteiger partial charge in [0.2, 0.25) is 0 Å². The number of rotatable bonds is 7. The van der Waals surface area contributed by atoms with Gasteiger partial charge in [-0.05, 0) is 61.7 Å². The summed E-state index contributed by atoms with van der Waals surface area (Å²) in [6, 6.07) is 21.0. The lowest BCUT2D eigenvalue weighted by Crippen LogP contribution is -2.39. The molecule has 31 heavy (non-hydrogen) atoms. The Labute approximate surface area is 183 Å². The molecule has 0 heterocycles. The molecule has 3 aromatic rings. The number of amides is 1. The summed E-state index contributed by atoms with van der Waals surface area (Å²) in [4.78, 5) is 12.7. The second kappa shape index (κ2) is 9.57. The van der Waals surface area contributed by atoms with Crippen molar-refractivity contribution in [3.63, 3.8) is 0 Å². The summed E-state index contributed by atoms with van der Waals surface area (Å²) in [5, 5.41) is 3.96. The van der Waals surface area contributed by atoms with Crippen LogP contribution < -0.4 is 9.73 Å². The molecule has 0 unspecified atom stereocenters. The quantitative estimate of drug-likeness (QED) is 0.451. The maximum atomic E-state index is 13.3. The van der Waals surface area contributed by atoms with Crippen LogP contribution in [0.3, 0.4) is 0 Å². The second-order valence-corrected chi connectivity index (χ2v) is 9.16. The molecule has 1 N–H and O–H groups in total. The van der Waals surface area contributed by atoms with Crippen LogP contribution in [0.5, 0.6) is 0 Å². The maximum absolute atomic E-state index is 13.3. The monoisotopic (exact) mass is 435 g/mol. The van der Waals surface area contributed by atoms with E-state index in [1.807, 2.05) is 51.1 Å². The zero-order valence-corrected chi connectivity index (χ0v) is 18.6. The first-order valence-electron chi connectivity index (χ1n) is 9.81. The Bertz CT molecular complexity index is 1190. The highest BCUT2D eigenvalue weighted by atomic mass is 32.2. The van der Waals surface area contributed by atoms with Crippen LogP contribution in [0.4, 0.5) is 5.69 Å². The lowest BCUT2D eigenvalue weighted by molar-refractivity contribution is -0.119. The van der Waals surface area contributed by atoms with Gasteiger partial charge in [0.1, 0.15) is 6.54 Å². The minimum absolute atomic E-state index is 0.115. The molecule has 0 aliphatic carbocycles. The van der Waals surface area contributed by atoms with Gasteiger partial charge in [-0.1, -0.05) is 54.1 Å². The highest BCUT2D eigenvalue weighted by Gasteiger charge is 2.27. The first kappa shape index (κ1) is 22.2. The average molecular weight is 436 g/mol. The van der Waals surface area contributed by atoms with E-state index < -0.39 is 22.5 Å². The SMILES string of the molecule is Cc1ccc(/C=N\NC(=O)CN(c2ccc(C)c(C)c2)S(=O)(=O)c2ccccc2)cc1. The lowest BCUT2D eigenvalue weighted by atomic mass is 10.1. The molecule has 0 bridgehead atoms. The largest absolute Gasteiger partial charge is 0.271 e.